The Balaban J connectivity index is 1.41. The van der Waals surface area contributed by atoms with Gasteiger partial charge in [0.05, 0.1) is 11.5 Å². The summed E-state index contributed by atoms with van der Waals surface area (Å²) in [7, 11) is 0. The topological polar surface area (TPSA) is 67.4 Å². The molecule has 0 bridgehead atoms. The second-order valence-corrected chi connectivity index (χ2v) is 7.61. The van der Waals surface area contributed by atoms with Crippen molar-refractivity contribution in [1.29, 1.82) is 0 Å². The zero-order valence-corrected chi connectivity index (χ0v) is 17.2. The second kappa shape index (κ2) is 9.00. The standard InChI is InChI=1S/C25H23FN2O3/c1-16-6-2-3-7-17(16)14-27-24(29)19-12-18-13-20(10-11-23(18)31-15-19)28-25(30)21-8-4-5-9-22(21)26/h2-11,13,19H,12,14-15H2,1H3,(H,27,29)(H,28,30)/t19-/m0/s1. The lowest BCUT2D eigenvalue weighted by atomic mass is 9.95. The Hall–Kier alpha value is -3.67. The quantitative estimate of drug-likeness (QED) is 0.651. The molecule has 1 aliphatic heterocycles. The maximum atomic E-state index is 13.9. The van der Waals surface area contributed by atoms with Crippen LogP contribution in [0.2, 0.25) is 0 Å². The first kappa shape index (κ1) is 20.6. The molecule has 5 nitrogen and oxygen atoms in total. The molecule has 1 atom stereocenters. The number of hydrogen-bond donors (Lipinski definition) is 2. The number of carbonyl (C=O) groups excluding carboxylic acids is 2. The number of anilines is 1. The molecule has 158 valence electrons. The van der Waals surface area contributed by atoms with Crippen LogP contribution in [0.3, 0.4) is 0 Å². The lowest BCUT2D eigenvalue weighted by molar-refractivity contribution is -0.126. The number of ether oxygens (including phenoxy) is 1. The van der Waals surface area contributed by atoms with E-state index in [9.17, 15) is 14.0 Å². The first-order valence-corrected chi connectivity index (χ1v) is 10.1. The molecule has 2 N–H and O–H groups in total. The maximum absolute atomic E-state index is 13.9. The molecule has 6 heteroatoms. The van der Waals surface area contributed by atoms with Crippen molar-refractivity contribution >= 4 is 17.5 Å². The van der Waals surface area contributed by atoms with Crippen LogP contribution in [0.1, 0.15) is 27.0 Å². The van der Waals surface area contributed by atoms with Crippen molar-refractivity contribution < 1.29 is 18.7 Å². The predicted octanol–water partition coefficient (Wildman–Crippen LogP) is 4.25. The average Bonchev–Trinajstić information content (AvgIpc) is 2.78. The number of nitrogens with one attached hydrogen (secondary N) is 2. The molecule has 0 unspecified atom stereocenters. The Morgan fingerprint density at radius 1 is 1.06 bits per heavy atom. The van der Waals surface area contributed by atoms with Crippen molar-refractivity contribution in [2.75, 3.05) is 11.9 Å². The summed E-state index contributed by atoms with van der Waals surface area (Å²) in [4.78, 5) is 25.1. The highest BCUT2D eigenvalue weighted by molar-refractivity contribution is 6.04. The van der Waals surface area contributed by atoms with E-state index < -0.39 is 11.7 Å². The Bertz CT molecular complexity index is 1130. The minimum Gasteiger partial charge on any atom is -0.492 e. The zero-order chi connectivity index (χ0) is 21.8. The van der Waals surface area contributed by atoms with E-state index in [0.717, 1.165) is 16.7 Å². The summed E-state index contributed by atoms with van der Waals surface area (Å²) >= 11 is 0. The van der Waals surface area contributed by atoms with Crippen LogP contribution in [0.4, 0.5) is 10.1 Å². The number of halogens is 1. The average molecular weight is 418 g/mol. The van der Waals surface area contributed by atoms with Gasteiger partial charge in [0.2, 0.25) is 5.91 Å². The molecule has 0 saturated carbocycles. The summed E-state index contributed by atoms with van der Waals surface area (Å²) in [6.45, 7) is 2.78. The Kier molecular flexibility index (Phi) is 5.98. The molecule has 0 saturated heterocycles. The van der Waals surface area contributed by atoms with Gasteiger partial charge in [-0.3, -0.25) is 9.59 Å². The molecule has 3 aromatic rings. The van der Waals surface area contributed by atoms with Crippen molar-refractivity contribution in [1.82, 2.24) is 5.32 Å². The largest absolute Gasteiger partial charge is 0.492 e. The third kappa shape index (κ3) is 4.74. The smallest absolute Gasteiger partial charge is 0.258 e. The van der Waals surface area contributed by atoms with Gasteiger partial charge >= 0.3 is 0 Å². The van der Waals surface area contributed by atoms with Gasteiger partial charge in [0, 0.05) is 12.2 Å². The van der Waals surface area contributed by atoms with E-state index in [2.05, 4.69) is 10.6 Å². The van der Waals surface area contributed by atoms with Crippen LogP contribution in [0.5, 0.6) is 5.75 Å². The summed E-state index contributed by atoms with van der Waals surface area (Å²) in [6, 6.07) is 19.0. The van der Waals surface area contributed by atoms with Crippen LogP contribution in [0.25, 0.3) is 0 Å². The summed E-state index contributed by atoms with van der Waals surface area (Å²) in [6.07, 6.45) is 0.498. The maximum Gasteiger partial charge on any atom is 0.258 e. The predicted molar refractivity (Wildman–Crippen MR) is 117 cm³/mol. The fourth-order valence-electron chi connectivity index (χ4n) is 3.62. The van der Waals surface area contributed by atoms with Crippen LogP contribution in [-0.4, -0.2) is 18.4 Å². The number of amides is 2. The zero-order valence-electron chi connectivity index (χ0n) is 17.2. The van der Waals surface area contributed by atoms with Gasteiger partial charge in [0.25, 0.3) is 5.91 Å². The SMILES string of the molecule is Cc1ccccc1CNC(=O)[C@@H]1COc2ccc(NC(=O)c3ccccc3F)cc2C1. The van der Waals surface area contributed by atoms with Gasteiger partial charge in [0.1, 0.15) is 18.2 Å². The van der Waals surface area contributed by atoms with Gasteiger partial charge in [-0.25, -0.2) is 4.39 Å². The normalized spacial score (nSPS) is 14.8. The Morgan fingerprint density at radius 2 is 1.84 bits per heavy atom. The monoisotopic (exact) mass is 418 g/mol. The fourth-order valence-corrected chi connectivity index (χ4v) is 3.62. The fraction of sp³-hybridized carbons (Fsp3) is 0.200. The van der Waals surface area contributed by atoms with Gasteiger partial charge in [-0.1, -0.05) is 36.4 Å². The van der Waals surface area contributed by atoms with E-state index in [4.69, 9.17) is 4.74 Å². The summed E-state index contributed by atoms with van der Waals surface area (Å²) < 4.78 is 19.6. The third-order valence-corrected chi connectivity index (χ3v) is 5.43. The van der Waals surface area contributed by atoms with Crippen molar-refractivity contribution in [3.8, 4) is 5.75 Å². The summed E-state index contributed by atoms with van der Waals surface area (Å²) in [5, 5.41) is 5.70. The van der Waals surface area contributed by atoms with Gasteiger partial charge in [-0.15, -0.1) is 0 Å². The number of fused-ring (bicyclic) bond motifs is 1. The van der Waals surface area contributed by atoms with Gasteiger partial charge in [-0.2, -0.15) is 0 Å². The lowest BCUT2D eigenvalue weighted by Crippen LogP contribution is -2.37. The van der Waals surface area contributed by atoms with E-state index >= 15 is 0 Å². The number of carbonyl (C=O) groups is 2. The molecule has 4 rings (SSSR count). The van der Waals surface area contributed by atoms with Crippen molar-refractivity contribution in [3.05, 3.63) is 94.8 Å². The number of rotatable bonds is 5. The number of aryl methyl sites for hydroxylation is 1. The summed E-state index contributed by atoms with van der Waals surface area (Å²) in [5.74, 6) is -0.815. The highest BCUT2D eigenvalue weighted by Crippen LogP contribution is 2.30. The molecule has 0 aliphatic carbocycles. The number of benzene rings is 3. The van der Waals surface area contributed by atoms with Gasteiger partial charge < -0.3 is 15.4 Å². The highest BCUT2D eigenvalue weighted by Gasteiger charge is 2.26. The molecule has 0 spiro atoms. The molecule has 0 aromatic heterocycles. The Morgan fingerprint density at radius 3 is 2.65 bits per heavy atom. The van der Waals surface area contributed by atoms with E-state index in [1.165, 1.54) is 18.2 Å². The minimum atomic E-state index is -0.577. The first-order valence-electron chi connectivity index (χ1n) is 10.1. The molecule has 31 heavy (non-hydrogen) atoms. The summed E-state index contributed by atoms with van der Waals surface area (Å²) in [5.41, 5.74) is 3.53. The van der Waals surface area contributed by atoms with Gasteiger partial charge in [-0.05, 0) is 60.4 Å². The van der Waals surface area contributed by atoms with Crippen molar-refractivity contribution in [2.45, 2.75) is 19.9 Å². The number of hydrogen-bond acceptors (Lipinski definition) is 3. The molecule has 0 radical (unpaired) electrons. The van der Waals surface area contributed by atoms with Crippen LogP contribution < -0.4 is 15.4 Å². The van der Waals surface area contributed by atoms with Crippen molar-refractivity contribution in [3.63, 3.8) is 0 Å². The molecule has 0 fully saturated rings. The van der Waals surface area contributed by atoms with E-state index in [-0.39, 0.29) is 17.4 Å². The van der Waals surface area contributed by atoms with Gasteiger partial charge in [0.15, 0.2) is 0 Å². The molecule has 1 aliphatic rings. The molecular weight excluding hydrogens is 395 g/mol. The molecule has 1 heterocycles. The minimum absolute atomic E-state index is 0.0232. The van der Waals surface area contributed by atoms with Crippen LogP contribution in [0, 0.1) is 18.7 Å². The molecule has 3 aromatic carbocycles. The molecule has 2 amide bonds. The van der Waals surface area contributed by atoms with Crippen LogP contribution in [0.15, 0.2) is 66.7 Å². The van der Waals surface area contributed by atoms with Crippen LogP contribution >= 0.6 is 0 Å². The Labute approximate surface area is 180 Å². The van der Waals surface area contributed by atoms with Crippen molar-refractivity contribution in [2.24, 2.45) is 5.92 Å². The van der Waals surface area contributed by atoms with E-state index in [1.807, 2.05) is 31.2 Å². The first-order chi connectivity index (χ1) is 15.0. The van der Waals surface area contributed by atoms with Crippen LogP contribution in [-0.2, 0) is 17.8 Å². The molecular formula is C25H23FN2O3. The van der Waals surface area contributed by atoms with E-state index in [1.54, 1.807) is 24.3 Å². The second-order valence-electron chi connectivity index (χ2n) is 7.61. The lowest BCUT2D eigenvalue weighted by Gasteiger charge is -2.25. The van der Waals surface area contributed by atoms with E-state index in [0.29, 0.717) is 31.0 Å². The highest BCUT2D eigenvalue weighted by atomic mass is 19.1. The third-order valence-electron chi connectivity index (χ3n) is 5.43.